The van der Waals surface area contributed by atoms with Crippen LogP contribution >= 0.6 is 0 Å². The Kier molecular flexibility index (Phi) is 4.13. The molecule has 1 aliphatic heterocycles. The number of oxazole rings is 1. The summed E-state index contributed by atoms with van der Waals surface area (Å²) in [5.74, 6) is -1.18. The van der Waals surface area contributed by atoms with Gasteiger partial charge in [-0.3, -0.25) is 4.79 Å². The normalized spacial score (nSPS) is 20.4. The van der Waals surface area contributed by atoms with Crippen molar-refractivity contribution in [2.45, 2.75) is 31.3 Å². The van der Waals surface area contributed by atoms with Crippen molar-refractivity contribution in [3.63, 3.8) is 0 Å². The first-order valence-corrected chi connectivity index (χ1v) is 9.94. The highest BCUT2D eigenvalue weighted by molar-refractivity contribution is 5.83. The maximum Gasteiger partial charge on any atom is 0.424 e. The van der Waals surface area contributed by atoms with E-state index >= 15 is 0 Å². The number of para-hydroxylation sites is 2. The number of carbonyl (C=O) groups is 1. The maximum absolute atomic E-state index is 12.8. The molecule has 1 saturated heterocycles. The molecule has 0 bridgehead atoms. The molecule has 0 amide bonds. The minimum absolute atomic E-state index is 0.102. The summed E-state index contributed by atoms with van der Waals surface area (Å²) in [7, 11) is 0. The fourth-order valence-electron chi connectivity index (χ4n) is 4.55. The molecule has 0 spiro atoms. The maximum atomic E-state index is 12.8. The van der Waals surface area contributed by atoms with Gasteiger partial charge in [0.25, 0.3) is 0 Å². The SMILES string of the molecule is CC1(C)OC(=O)C(c2ccc(-n3c(=O)oc4ccccc43)cc2)[C@H]1c1ccccc1. The van der Waals surface area contributed by atoms with Gasteiger partial charge in [0.15, 0.2) is 5.58 Å². The summed E-state index contributed by atoms with van der Waals surface area (Å²) < 4.78 is 12.6. The lowest BCUT2D eigenvalue weighted by Gasteiger charge is -2.27. The van der Waals surface area contributed by atoms with Crippen molar-refractivity contribution in [1.82, 2.24) is 4.57 Å². The fourth-order valence-corrected chi connectivity index (χ4v) is 4.55. The molecule has 0 saturated carbocycles. The molecular weight excluding hydrogens is 378 g/mol. The van der Waals surface area contributed by atoms with E-state index in [-0.39, 0.29) is 11.9 Å². The minimum atomic E-state index is -0.612. The number of benzene rings is 3. The molecule has 2 heterocycles. The molecular formula is C25H21NO4. The second-order valence-corrected chi connectivity index (χ2v) is 8.15. The molecule has 2 atom stereocenters. The first kappa shape index (κ1) is 18.4. The number of nitrogens with zero attached hydrogens (tertiary/aromatic N) is 1. The number of cyclic esters (lactones) is 1. The molecule has 0 aliphatic carbocycles. The zero-order chi connectivity index (χ0) is 20.9. The second kappa shape index (κ2) is 6.73. The standard InChI is InChI=1S/C25H21NO4/c1-25(2)22(17-8-4-3-5-9-17)21(23(27)30-25)16-12-14-18(15-13-16)26-19-10-6-7-11-20(19)29-24(26)28/h3-15,21-22H,1-2H3/t21?,22-/m1/s1. The van der Waals surface area contributed by atoms with Crippen LogP contribution in [0.3, 0.4) is 0 Å². The van der Waals surface area contributed by atoms with Gasteiger partial charge in [-0.15, -0.1) is 0 Å². The number of hydrogen-bond acceptors (Lipinski definition) is 4. The number of hydrogen-bond donors (Lipinski definition) is 0. The third-order valence-corrected chi connectivity index (χ3v) is 5.85. The molecule has 5 rings (SSSR count). The van der Waals surface area contributed by atoms with E-state index in [1.54, 1.807) is 6.07 Å². The Morgan fingerprint density at radius 3 is 2.20 bits per heavy atom. The molecule has 4 aromatic rings. The number of esters is 1. The highest BCUT2D eigenvalue weighted by Gasteiger charge is 2.51. The molecule has 1 unspecified atom stereocenters. The molecule has 150 valence electrons. The van der Waals surface area contributed by atoms with Crippen molar-refractivity contribution in [2.75, 3.05) is 0 Å². The number of carbonyl (C=O) groups excluding carboxylic acids is 1. The summed E-state index contributed by atoms with van der Waals surface area (Å²) in [5, 5.41) is 0. The molecule has 1 aromatic heterocycles. The van der Waals surface area contributed by atoms with E-state index in [4.69, 9.17) is 9.15 Å². The number of rotatable bonds is 3. The summed E-state index contributed by atoms with van der Waals surface area (Å²) >= 11 is 0. The summed E-state index contributed by atoms with van der Waals surface area (Å²) in [6.45, 7) is 3.90. The second-order valence-electron chi connectivity index (χ2n) is 8.15. The topological polar surface area (TPSA) is 61.4 Å². The van der Waals surface area contributed by atoms with Crippen molar-refractivity contribution in [3.05, 3.63) is 101 Å². The number of fused-ring (bicyclic) bond motifs is 1. The Morgan fingerprint density at radius 1 is 0.800 bits per heavy atom. The predicted molar refractivity (Wildman–Crippen MR) is 114 cm³/mol. The summed E-state index contributed by atoms with van der Waals surface area (Å²) in [4.78, 5) is 25.2. The lowest BCUT2D eigenvalue weighted by Crippen LogP contribution is -2.27. The van der Waals surface area contributed by atoms with Crippen LogP contribution in [0.15, 0.2) is 88.1 Å². The highest BCUT2D eigenvalue weighted by atomic mass is 16.6. The van der Waals surface area contributed by atoms with E-state index in [1.165, 1.54) is 4.57 Å². The van der Waals surface area contributed by atoms with E-state index in [2.05, 4.69) is 0 Å². The average Bonchev–Trinajstić information content (AvgIpc) is 3.20. The lowest BCUT2D eigenvalue weighted by molar-refractivity contribution is -0.147. The van der Waals surface area contributed by atoms with E-state index < -0.39 is 17.3 Å². The monoisotopic (exact) mass is 399 g/mol. The van der Waals surface area contributed by atoms with Gasteiger partial charge in [-0.05, 0) is 49.2 Å². The largest absolute Gasteiger partial charge is 0.458 e. The van der Waals surface area contributed by atoms with Gasteiger partial charge in [0.05, 0.1) is 17.1 Å². The van der Waals surface area contributed by atoms with Gasteiger partial charge in [-0.1, -0.05) is 54.6 Å². The van der Waals surface area contributed by atoms with Gasteiger partial charge < -0.3 is 9.15 Å². The van der Waals surface area contributed by atoms with Crippen LogP contribution in [0, 0.1) is 0 Å². The summed E-state index contributed by atoms with van der Waals surface area (Å²) in [6.07, 6.45) is 0. The van der Waals surface area contributed by atoms with Crippen molar-refractivity contribution >= 4 is 17.1 Å². The van der Waals surface area contributed by atoms with Crippen LogP contribution in [-0.2, 0) is 9.53 Å². The highest BCUT2D eigenvalue weighted by Crippen LogP contribution is 2.49. The number of ether oxygens (including phenoxy) is 1. The Labute approximate surface area is 173 Å². The molecule has 0 N–H and O–H groups in total. The Balaban J connectivity index is 1.57. The van der Waals surface area contributed by atoms with Crippen LogP contribution in [0.1, 0.15) is 36.8 Å². The van der Waals surface area contributed by atoms with Crippen LogP contribution in [0.5, 0.6) is 0 Å². The minimum Gasteiger partial charge on any atom is -0.458 e. The van der Waals surface area contributed by atoms with Gasteiger partial charge in [-0.2, -0.15) is 0 Å². The van der Waals surface area contributed by atoms with E-state index in [0.29, 0.717) is 16.8 Å². The van der Waals surface area contributed by atoms with Crippen LogP contribution < -0.4 is 5.76 Å². The zero-order valence-electron chi connectivity index (χ0n) is 16.7. The molecule has 5 nitrogen and oxygen atoms in total. The van der Waals surface area contributed by atoms with Gasteiger partial charge in [0.2, 0.25) is 0 Å². The third kappa shape index (κ3) is 2.86. The molecule has 1 aliphatic rings. The van der Waals surface area contributed by atoms with Gasteiger partial charge in [0, 0.05) is 5.92 Å². The fraction of sp³-hybridized carbons (Fsp3) is 0.200. The van der Waals surface area contributed by atoms with E-state index in [9.17, 15) is 9.59 Å². The summed E-state index contributed by atoms with van der Waals surface area (Å²) in [5.41, 5.74) is 3.26. The molecule has 3 aromatic carbocycles. The van der Waals surface area contributed by atoms with Crippen molar-refractivity contribution in [2.24, 2.45) is 0 Å². The van der Waals surface area contributed by atoms with Crippen LogP contribution in [0.25, 0.3) is 16.8 Å². The Morgan fingerprint density at radius 2 is 1.47 bits per heavy atom. The molecule has 5 heteroatoms. The summed E-state index contributed by atoms with van der Waals surface area (Å²) in [6, 6.07) is 24.8. The number of aromatic nitrogens is 1. The lowest BCUT2D eigenvalue weighted by atomic mass is 9.75. The molecule has 0 radical (unpaired) electrons. The van der Waals surface area contributed by atoms with Gasteiger partial charge in [0.1, 0.15) is 5.60 Å². The van der Waals surface area contributed by atoms with Crippen molar-refractivity contribution < 1.29 is 13.9 Å². The van der Waals surface area contributed by atoms with Gasteiger partial charge >= 0.3 is 11.7 Å². The van der Waals surface area contributed by atoms with Crippen molar-refractivity contribution in [1.29, 1.82) is 0 Å². The first-order valence-electron chi connectivity index (χ1n) is 9.94. The third-order valence-electron chi connectivity index (χ3n) is 5.85. The molecule has 30 heavy (non-hydrogen) atoms. The smallest absolute Gasteiger partial charge is 0.424 e. The van der Waals surface area contributed by atoms with Crippen LogP contribution in [0.2, 0.25) is 0 Å². The predicted octanol–water partition coefficient (Wildman–Crippen LogP) is 4.79. The first-order chi connectivity index (χ1) is 14.5. The Bertz CT molecular complexity index is 1280. The molecule has 1 fully saturated rings. The van der Waals surface area contributed by atoms with Gasteiger partial charge in [-0.25, -0.2) is 9.36 Å². The quantitative estimate of drug-likeness (QED) is 0.465. The zero-order valence-corrected chi connectivity index (χ0v) is 16.7. The van der Waals surface area contributed by atoms with E-state index in [0.717, 1.165) is 11.1 Å². The van der Waals surface area contributed by atoms with E-state index in [1.807, 2.05) is 86.6 Å². The Hall–Kier alpha value is -3.60. The van der Waals surface area contributed by atoms with Crippen molar-refractivity contribution in [3.8, 4) is 5.69 Å². The van der Waals surface area contributed by atoms with Crippen LogP contribution in [0.4, 0.5) is 0 Å². The van der Waals surface area contributed by atoms with Crippen LogP contribution in [-0.4, -0.2) is 16.1 Å². The average molecular weight is 399 g/mol.